The van der Waals surface area contributed by atoms with E-state index < -0.39 is 5.97 Å². The number of aliphatic carboxylic acids is 1. The molecule has 0 unspecified atom stereocenters. The van der Waals surface area contributed by atoms with E-state index in [4.69, 9.17) is 5.11 Å². The molecule has 2 aromatic heterocycles. The Hall–Kier alpha value is -1.99. The number of aromatic nitrogens is 1. The molecule has 0 saturated heterocycles. The number of hydrogen-bond acceptors (Lipinski definition) is 5. The van der Waals surface area contributed by atoms with Crippen molar-refractivity contribution in [1.29, 1.82) is 0 Å². The molecule has 0 atom stereocenters. The predicted octanol–water partition coefficient (Wildman–Crippen LogP) is 2.88. The molecule has 5 nitrogen and oxygen atoms in total. The van der Waals surface area contributed by atoms with Crippen molar-refractivity contribution in [3.05, 3.63) is 44.0 Å². The van der Waals surface area contributed by atoms with Crippen molar-refractivity contribution >= 4 is 40.6 Å². The Balaban J connectivity index is 2.03. The van der Waals surface area contributed by atoms with Gasteiger partial charge in [0.2, 0.25) is 0 Å². The molecule has 0 aliphatic rings. The maximum Gasteiger partial charge on any atom is 0.328 e. The molecule has 1 amide bonds. The third-order valence-corrected chi connectivity index (χ3v) is 4.50. The molecule has 0 spiro atoms. The van der Waals surface area contributed by atoms with Crippen molar-refractivity contribution in [1.82, 2.24) is 9.88 Å². The van der Waals surface area contributed by atoms with E-state index in [9.17, 15) is 9.59 Å². The maximum atomic E-state index is 12.3. The molecule has 0 aliphatic heterocycles. The summed E-state index contributed by atoms with van der Waals surface area (Å²) < 4.78 is 0. The second kappa shape index (κ2) is 6.64. The van der Waals surface area contributed by atoms with Gasteiger partial charge in [-0.15, -0.1) is 22.7 Å². The highest BCUT2D eigenvalue weighted by Crippen LogP contribution is 2.20. The second-order valence-corrected chi connectivity index (χ2v) is 6.57. The van der Waals surface area contributed by atoms with Gasteiger partial charge >= 0.3 is 5.97 Å². The number of carbonyl (C=O) groups is 2. The molecule has 0 saturated carbocycles. The second-order valence-electron chi connectivity index (χ2n) is 4.39. The smallest absolute Gasteiger partial charge is 0.328 e. The van der Waals surface area contributed by atoms with Crippen LogP contribution in [-0.2, 0) is 11.3 Å². The standard InChI is InChI=1S/C14H14N2O3S2/c1-9-15-10(8-20-9)7-16(2)14(19)12-5-3-11(21-12)4-6-13(17)18/h3-6,8H,7H2,1-2H3,(H,17,18). The summed E-state index contributed by atoms with van der Waals surface area (Å²) in [5, 5.41) is 11.5. The number of hydrogen-bond donors (Lipinski definition) is 1. The predicted molar refractivity (Wildman–Crippen MR) is 83.6 cm³/mol. The fraction of sp³-hybridized carbons (Fsp3) is 0.214. The molecule has 7 heteroatoms. The van der Waals surface area contributed by atoms with Gasteiger partial charge in [0.1, 0.15) is 0 Å². The van der Waals surface area contributed by atoms with Crippen LogP contribution in [0.25, 0.3) is 6.08 Å². The van der Waals surface area contributed by atoms with Crippen molar-refractivity contribution in [3.63, 3.8) is 0 Å². The van der Waals surface area contributed by atoms with Crippen LogP contribution in [0.2, 0.25) is 0 Å². The number of carboxylic acid groups (broad SMARTS) is 1. The van der Waals surface area contributed by atoms with E-state index >= 15 is 0 Å². The minimum absolute atomic E-state index is 0.0966. The minimum atomic E-state index is -1.01. The minimum Gasteiger partial charge on any atom is -0.478 e. The molecule has 2 aromatic rings. The lowest BCUT2D eigenvalue weighted by Gasteiger charge is -2.14. The summed E-state index contributed by atoms with van der Waals surface area (Å²) in [6, 6.07) is 3.44. The summed E-state index contributed by atoms with van der Waals surface area (Å²) >= 11 is 2.82. The monoisotopic (exact) mass is 322 g/mol. The molecule has 0 radical (unpaired) electrons. The quantitative estimate of drug-likeness (QED) is 0.859. The Labute approximate surface area is 130 Å². The van der Waals surface area contributed by atoms with Crippen LogP contribution in [0.15, 0.2) is 23.6 Å². The van der Waals surface area contributed by atoms with Crippen molar-refractivity contribution in [2.75, 3.05) is 7.05 Å². The molecule has 0 fully saturated rings. The van der Waals surface area contributed by atoms with Gasteiger partial charge in [-0.25, -0.2) is 9.78 Å². The molecular formula is C14H14N2O3S2. The number of nitrogens with zero attached hydrogens (tertiary/aromatic N) is 2. The van der Waals surface area contributed by atoms with Gasteiger partial charge in [-0.05, 0) is 25.1 Å². The largest absolute Gasteiger partial charge is 0.478 e. The SMILES string of the molecule is Cc1nc(CN(C)C(=O)c2ccc(C=CC(=O)O)s2)cs1. The van der Waals surface area contributed by atoms with Crippen LogP contribution >= 0.6 is 22.7 Å². The Kier molecular flexibility index (Phi) is 4.87. The fourth-order valence-corrected chi connectivity index (χ4v) is 3.20. The van der Waals surface area contributed by atoms with Gasteiger partial charge in [-0.3, -0.25) is 4.79 Å². The number of thiazole rings is 1. The molecular weight excluding hydrogens is 308 g/mol. The topological polar surface area (TPSA) is 70.5 Å². The lowest BCUT2D eigenvalue weighted by Crippen LogP contribution is -2.25. The summed E-state index contributed by atoms with van der Waals surface area (Å²) in [5.74, 6) is -1.10. The summed E-state index contributed by atoms with van der Waals surface area (Å²) in [4.78, 5) is 30.0. The van der Waals surface area contributed by atoms with Gasteiger partial charge in [-0.1, -0.05) is 0 Å². The Morgan fingerprint density at radius 2 is 2.19 bits per heavy atom. The first-order chi connectivity index (χ1) is 9.95. The number of rotatable bonds is 5. The zero-order valence-electron chi connectivity index (χ0n) is 11.6. The third kappa shape index (κ3) is 4.24. The molecule has 0 bridgehead atoms. The van der Waals surface area contributed by atoms with Crippen molar-refractivity contribution in [2.24, 2.45) is 0 Å². The van der Waals surface area contributed by atoms with Gasteiger partial charge in [0, 0.05) is 23.4 Å². The van der Waals surface area contributed by atoms with E-state index in [1.165, 1.54) is 17.4 Å². The van der Waals surface area contributed by atoms with E-state index in [1.807, 2.05) is 12.3 Å². The van der Waals surface area contributed by atoms with Crippen molar-refractivity contribution < 1.29 is 14.7 Å². The number of aryl methyl sites for hydroxylation is 1. The highest BCUT2D eigenvalue weighted by atomic mass is 32.1. The average Bonchev–Trinajstić information content (AvgIpc) is 3.04. The highest BCUT2D eigenvalue weighted by molar-refractivity contribution is 7.14. The van der Waals surface area contributed by atoms with Gasteiger partial charge < -0.3 is 10.0 Å². The number of amides is 1. The first-order valence-electron chi connectivity index (χ1n) is 6.13. The van der Waals surface area contributed by atoms with Crippen LogP contribution < -0.4 is 0 Å². The Morgan fingerprint density at radius 1 is 1.43 bits per heavy atom. The van der Waals surface area contributed by atoms with E-state index in [1.54, 1.807) is 35.4 Å². The summed E-state index contributed by atoms with van der Waals surface area (Å²) in [6.45, 7) is 2.39. The van der Waals surface area contributed by atoms with E-state index in [0.717, 1.165) is 21.7 Å². The summed E-state index contributed by atoms with van der Waals surface area (Å²) in [5.41, 5.74) is 0.871. The van der Waals surface area contributed by atoms with Crippen LogP contribution in [0.4, 0.5) is 0 Å². The molecule has 21 heavy (non-hydrogen) atoms. The number of carbonyl (C=O) groups excluding carboxylic acids is 1. The van der Waals surface area contributed by atoms with E-state index in [2.05, 4.69) is 4.98 Å². The van der Waals surface area contributed by atoms with Gasteiger partial charge in [0.15, 0.2) is 0 Å². The molecule has 2 rings (SSSR count). The van der Waals surface area contributed by atoms with Crippen LogP contribution in [0.3, 0.4) is 0 Å². The van der Waals surface area contributed by atoms with Gasteiger partial charge in [-0.2, -0.15) is 0 Å². The average molecular weight is 322 g/mol. The first-order valence-corrected chi connectivity index (χ1v) is 7.82. The summed E-state index contributed by atoms with van der Waals surface area (Å²) in [7, 11) is 1.73. The summed E-state index contributed by atoms with van der Waals surface area (Å²) in [6.07, 6.45) is 2.54. The highest BCUT2D eigenvalue weighted by Gasteiger charge is 2.15. The van der Waals surface area contributed by atoms with Crippen LogP contribution in [0, 0.1) is 6.92 Å². The number of carboxylic acids is 1. The Bertz CT molecular complexity index is 688. The van der Waals surface area contributed by atoms with Crippen molar-refractivity contribution in [3.8, 4) is 0 Å². The van der Waals surface area contributed by atoms with Crippen LogP contribution in [0.5, 0.6) is 0 Å². The first kappa shape index (κ1) is 15.4. The Morgan fingerprint density at radius 3 is 2.81 bits per heavy atom. The lowest BCUT2D eigenvalue weighted by molar-refractivity contribution is -0.131. The number of thiophene rings is 1. The van der Waals surface area contributed by atoms with Crippen LogP contribution in [-0.4, -0.2) is 33.9 Å². The zero-order chi connectivity index (χ0) is 15.4. The molecule has 0 aliphatic carbocycles. The van der Waals surface area contributed by atoms with Crippen LogP contribution in [0.1, 0.15) is 25.3 Å². The molecule has 1 N–H and O–H groups in total. The zero-order valence-corrected chi connectivity index (χ0v) is 13.2. The third-order valence-electron chi connectivity index (χ3n) is 2.64. The lowest BCUT2D eigenvalue weighted by atomic mass is 10.3. The van der Waals surface area contributed by atoms with Gasteiger partial charge in [0.25, 0.3) is 5.91 Å². The van der Waals surface area contributed by atoms with E-state index in [0.29, 0.717) is 11.4 Å². The van der Waals surface area contributed by atoms with Gasteiger partial charge in [0.05, 0.1) is 22.1 Å². The molecule has 0 aromatic carbocycles. The van der Waals surface area contributed by atoms with Crippen molar-refractivity contribution in [2.45, 2.75) is 13.5 Å². The normalized spacial score (nSPS) is 11.0. The fourth-order valence-electron chi connectivity index (χ4n) is 1.69. The maximum absolute atomic E-state index is 12.3. The molecule has 110 valence electrons. The van der Waals surface area contributed by atoms with E-state index in [-0.39, 0.29) is 5.91 Å². The molecule has 2 heterocycles.